The lowest BCUT2D eigenvalue weighted by atomic mass is 9.68. The molecule has 2 rings (SSSR count). The molecule has 1 saturated carbocycles. The summed E-state index contributed by atoms with van der Waals surface area (Å²) in [4.78, 5) is 0. The lowest BCUT2D eigenvalue weighted by Crippen LogP contribution is -2.40. The molecule has 1 fully saturated rings. The molecule has 0 spiro atoms. The summed E-state index contributed by atoms with van der Waals surface area (Å²) in [5, 5.41) is 11.6. The standard InChI is InChI=1S/C16H23ClO2/c1-15(2)7-4-8-16(18,11-15)10-12-9-13(17)5-6-14(12)19-3/h5-6,9,18H,4,7-8,10-11H2,1-3H3. The highest BCUT2D eigenvalue weighted by Gasteiger charge is 2.38. The molecule has 1 N–H and O–H groups in total. The average molecular weight is 283 g/mol. The summed E-state index contributed by atoms with van der Waals surface area (Å²) in [7, 11) is 1.65. The predicted molar refractivity (Wildman–Crippen MR) is 78.9 cm³/mol. The number of methoxy groups -OCH3 is 1. The van der Waals surface area contributed by atoms with E-state index in [1.54, 1.807) is 7.11 Å². The van der Waals surface area contributed by atoms with Gasteiger partial charge in [-0.1, -0.05) is 31.9 Å². The summed E-state index contributed by atoms with van der Waals surface area (Å²) in [6, 6.07) is 5.59. The Balaban J connectivity index is 2.22. The third-order valence-corrected chi connectivity index (χ3v) is 4.30. The van der Waals surface area contributed by atoms with E-state index in [-0.39, 0.29) is 5.41 Å². The molecule has 1 aliphatic rings. The van der Waals surface area contributed by atoms with Crippen LogP contribution in [0.1, 0.15) is 45.1 Å². The fourth-order valence-corrected chi connectivity index (χ4v) is 3.55. The molecule has 3 heteroatoms. The third kappa shape index (κ3) is 3.64. The van der Waals surface area contributed by atoms with E-state index >= 15 is 0 Å². The van der Waals surface area contributed by atoms with Crippen LogP contribution in [0.15, 0.2) is 18.2 Å². The number of rotatable bonds is 3. The van der Waals surface area contributed by atoms with Gasteiger partial charge in [0.1, 0.15) is 5.75 Å². The Bertz CT molecular complexity index is 456. The lowest BCUT2D eigenvalue weighted by Gasteiger charge is -2.41. The van der Waals surface area contributed by atoms with Crippen LogP contribution < -0.4 is 4.74 Å². The highest BCUT2D eigenvalue weighted by atomic mass is 35.5. The molecular weight excluding hydrogens is 260 g/mol. The van der Waals surface area contributed by atoms with Crippen molar-refractivity contribution in [3.8, 4) is 5.75 Å². The zero-order chi connectivity index (χ0) is 14.1. The van der Waals surface area contributed by atoms with Gasteiger partial charge in [-0.2, -0.15) is 0 Å². The van der Waals surface area contributed by atoms with Crippen LogP contribution in [0.3, 0.4) is 0 Å². The van der Waals surface area contributed by atoms with Crippen molar-refractivity contribution in [3.63, 3.8) is 0 Å². The number of ether oxygens (including phenoxy) is 1. The van der Waals surface area contributed by atoms with Crippen molar-refractivity contribution < 1.29 is 9.84 Å². The van der Waals surface area contributed by atoms with Crippen molar-refractivity contribution in [3.05, 3.63) is 28.8 Å². The second kappa shape index (κ2) is 5.34. The first-order valence-electron chi connectivity index (χ1n) is 6.88. The van der Waals surface area contributed by atoms with E-state index in [2.05, 4.69) is 13.8 Å². The molecule has 0 saturated heterocycles. The molecule has 1 aromatic carbocycles. The van der Waals surface area contributed by atoms with Gasteiger partial charge in [-0.3, -0.25) is 0 Å². The van der Waals surface area contributed by atoms with Crippen LogP contribution in [0.2, 0.25) is 5.02 Å². The summed E-state index contributed by atoms with van der Waals surface area (Å²) < 4.78 is 5.37. The number of hydrogen-bond donors (Lipinski definition) is 1. The van der Waals surface area contributed by atoms with Gasteiger partial charge in [-0.05, 0) is 48.4 Å². The maximum atomic E-state index is 10.9. The normalized spacial score (nSPS) is 26.2. The smallest absolute Gasteiger partial charge is 0.122 e. The van der Waals surface area contributed by atoms with Crippen LogP contribution in [0.25, 0.3) is 0 Å². The number of aliphatic hydroxyl groups is 1. The minimum Gasteiger partial charge on any atom is -0.496 e. The fraction of sp³-hybridized carbons (Fsp3) is 0.625. The summed E-state index contributed by atoms with van der Waals surface area (Å²) in [6.07, 6.45) is 4.55. The Hall–Kier alpha value is -0.730. The van der Waals surface area contributed by atoms with Gasteiger partial charge in [0.25, 0.3) is 0 Å². The Morgan fingerprint density at radius 2 is 2.05 bits per heavy atom. The van der Waals surface area contributed by atoms with Gasteiger partial charge in [-0.25, -0.2) is 0 Å². The monoisotopic (exact) mass is 282 g/mol. The maximum Gasteiger partial charge on any atom is 0.122 e. The molecule has 0 bridgehead atoms. The molecule has 1 aliphatic carbocycles. The van der Waals surface area contributed by atoms with Crippen LogP contribution in [-0.2, 0) is 6.42 Å². The van der Waals surface area contributed by atoms with Crippen LogP contribution in [0.5, 0.6) is 5.75 Å². The lowest BCUT2D eigenvalue weighted by molar-refractivity contribution is -0.0385. The molecule has 106 valence electrons. The largest absolute Gasteiger partial charge is 0.496 e. The molecule has 19 heavy (non-hydrogen) atoms. The third-order valence-electron chi connectivity index (χ3n) is 4.07. The quantitative estimate of drug-likeness (QED) is 0.899. The molecule has 0 aromatic heterocycles. The van der Waals surface area contributed by atoms with Crippen LogP contribution >= 0.6 is 11.6 Å². The van der Waals surface area contributed by atoms with Gasteiger partial charge >= 0.3 is 0 Å². The first-order chi connectivity index (χ1) is 8.84. The number of benzene rings is 1. The second-order valence-corrected chi connectivity index (χ2v) is 6.99. The SMILES string of the molecule is COc1ccc(Cl)cc1CC1(O)CCCC(C)(C)C1. The van der Waals surface area contributed by atoms with Gasteiger partial charge in [0.05, 0.1) is 12.7 Å². The minimum atomic E-state index is -0.639. The van der Waals surface area contributed by atoms with Crippen molar-refractivity contribution in [1.29, 1.82) is 0 Å². The predicted octanol–water partition coefficient (Wildman–Crippen LogP) is 4.22. The molecule has 0 amide bonds. The summed E-state index contributed by atoms with van der Waals surface area (Å²) in [5.41, 5.74) is 0.564. The van der Waals surface area contributed by atoms with Gasteiger partial charge in [0.15, 0.2) is 0 Å². The van der Waals surface area contributed by atoms with Crippen molar-refractivity contribution in [2.24, 2.45) is 5.41 Å². The number of hydrogen-bond acceptors (Lipinski definition) is 2. The maximum absolute atomic E-state index is 10.9. The summed E-state index contributed by atoms with van der Waals surface area (Å²) in [6.45, 7) is 4.46. The van der Waals surface area contributed by atoms with E-state index in [1.807, 2.05) is 18.2 Å². The molecule has 2 nitrogen and oxygen atoms in total. The van der Waals surface area contributed by atoms with Gasteiger partial charge < -0.3 is 9.84 Å². The van der Waals surface area contributed by atoms with Crippen molar-refractivity contribution >= 4 is 11.6 Å². The van der Waals surface area contributed by atoms with Crippen molar-refractivity contribution in [1.82, 2.24) is 0 Å². The average Bonchev–Trinajstić information content (AvgIpc) is 2.26. The van der Waals surface area contributed by atoms with Gasteiger partial charge in [0.2, 0.25) is 0 Å². The van der Waals surface area contributed by atoms with Crippen LogP contribution in [-0.4, -0.2) is 17.8 Å². The molecule has 0 radical (unpaired) electrons. The van der Waals surface area contributed by atoms with Crippen molar-refractivity contribution in [2.45, 2.75) is 51.6 Å². The Morgan fingerprint density at radius 3 is 2.68 bits per heavy atom. The fourth-order valence-electron chi connectivity index (χ4n) is 3.35. The highest BCUT2D eigenvalue weighted by Crippen LogP contribution is 2.43. The van der Waals surface area contributed by atoms with E-state index in [4.69, 9.17) is 16.3 Å². The van der Waals surface area contributed by atoms with E-state index in [0.717, 1.165) is 30.6 Å². The zero-order valence-electron chi connectivity index (χ0n) is 12.0. The molecule has 0 heterocycles. The Labute approximate surface area is 120 Å². The van der Waals surface area contributed by atoms with E-state index in [1.165, 1.54) is 6.42 Å². The molecular formula is C16H23ClO2. The molecule has 1 atom stereocenters. The van der Waals surface area contributed by atoms with Crippen molar-refractivity contribution in [2.75, 3.05) is 7.11 Å². The Morgan fingerprint density at radius 1 is 1.32 bits per heavy atom. The van der Waals surface area contributed by atoms with E-state index in [9.17, 15) is 5.11 Å². The summed E-state index contributed by atoms with van der Waals surface area (Å²) >= 11 is 6.06. The summed E-state index contributed by atoms with van der Waals surface area (Å²) in [5.74, 6) is 0.807. The first kappa shape index (κ1) is 14.7. The zero-order valence-corrected chi connectivity index (χ0v) is 12.8. The number of halogens is 1. The highest BCUT2D eigenvalue weighted by molar-refractivity contribution is 6.30. The second-order valence-electron chi connectivity index (χ2n) is 6.55. The molecule has 0 aliphatic heterocycles. The van der Waals surface area contributed by atoms with Crippen LogP contribution in [0.4, 0.5) is 0 Å². The van der Waals surface area contributed by atoms with Gasteiger partial charge in [-0.15, -0.1) is 0 Å². The first-order valence-corrected chi connectivity index (χ1v) is 7.26. The molecule has 1 aromatic rings. The molecule has 1 unspecified atom stereocenters. The van der Waals surface area contributed by atoms with Crippen LogP contribution in [0, 0.1) is 5.41 Å². The van der Waals surface area contributed by atoms with Gasteiger partial charge in [0, 0.05) is 11.4 Å². The Kier molecular flexibility index (Phi) is 4.12. The topological polar surface area (TPSA) is 29.5 Å². The van der Waals surface area contributed by atoms with E-state index in [0.29, 0.717) is 11.4 Å². The minimum absolute atomic E-state index is 0.207. The van der Waals surface area contributed by atoms with E-state index < -0.39 is 5.60 Å².